The molecule has 3 aromatic rings. The molecule has 0 spiro atoms. The van der Waals surface area contributed by atoms with Crippen molar-refractivity contribution in [2.45, 2.75) is 6.04 Å². The summed E-state index contributed by atoms with van der Waals surface area (Å²) in [6.07, 6.45) is 7.39. The molecule has 132 valence electrons. The third-order valence-electron chi connectivity index (χ3n) is 4.70. The van der Waals surface area contributed by atoms with Gasteiger partial charge in [-0.25, -0.2) is 9.97 Å². The van der Waals surface area contributed by atoms with Gasteiger partial charge in [-0.1, -0.05) is 30.3 Å². The molecule has 2 aromatic heterocycles. The van der Waals surface area contributed by atoms with Crippen molar-refractivity contribution in [1.82, 2.24) is 19.4 Å². The molecule has 1 atom stereocenters. The second-order valence-corrected chi connectivity index (χ2v) is 6.30. The Kier molecular flexibility index (Phi) is 4.64. The summed E-state index contributed by atoms with van der Waals surface area (Å²) in [4.78, 5) is 26.0. The van der Waals surface area contributed by atoms with E-state index in [4.69, 9.17) is 0 Å². The lowest BCUT2D eigenvalue weighted by molar-refractivity contribution is -0.133. The number of benzene rings is 1. The van der Waals surface area contributed by atoms with Crippen molar-refractivity contribution in [3.63, 3.8) is 0 Å². The minimum atomic E-state index is -0.328. The molecule has 0 N–H and O–H groups in total. The van der Waals surface area contributed by atoms with Crippen LogP contribution < -0.4 is 4.90 Å². The summed E-state index contributed by atoms with van der Waals surface area (Å²) in [7, 11) is 0. The molecule has 0 radical (unpaired) electrons. The van der Waals surface area contributed by atoms with Gasteiger partial charge in [0.1, 0.15) is 6.04 Å². The summed E-state index contributed by atoms with van der Waals surface area (Å²) in [5.41, 5.74) is 1.00. The maximum absolute atomic E-state index is 13.3. The molecule has 6 nitrogen and oxygen atoms in total. The van der Waals surface area contributed by atoms with E-state index in [1.165, 1.54) is 0 Å². The molecule has 1 amide bonds. The summed E-state index contributed by atoms with van der Waals surface area (Å²) in [6.45, 7) is 2.81. The lowest BCUT2D eigenvalue weighted by atomic mass is 10.0. The molecule has 1 saturated heterocycles. The Balaban J connectivity index is 1.51. The van der Waals surface area contributed by atoms with E-state index in [2.05, 4.69) is 14.9 Å². The number of rotatable bonds is 4. The van der Waals surface area contributed by atoms with E-state index in [1.54, 1.807) is 12.4 Å². The Morgan fingerprint density at radius 2 is 1.50 bits per heavy atom. The molecule has 3 heterocycles. The van der Waals surface area contributed by atoms with Crippen molar-refractivity contribution < 1.29 is 4.79 Å². The van der Waals surface area contributed by atoms with Crippen LogP contribution in [0.2, 0.25) is 0 Å². The molecule has 1 aliphatic rings. The zero-order valence-corrected chi connectivity index (χ0v) is 14.5. The van der Waals surface area contributed by atoms with Crippen LogP contribution >= 0.6 is 0 Å². The summed E-state index contributed by atoms with van der Waals surface area (Å²) < 4.78 is 1.98. The predicted molar refractivity (Wildman–Crippen MR) is 99.8 cm³/mol. The summed E-state index contributed by atoms with van der Waals surface area (Å²) >= 11 is 0. The predicted octanol–water partition coefficient (Wildman–Crippen LogP) is 2.22. The van der Waals surface area contributed by atoms with Gasteiger partial charge in [-0.3, -0.25) is 4.79 Å². The van der Waals surface area contributed by atoms with E-state index < -0.39 is 0 Å². The normalized spacial score (nSPS) is 15.7. The molecule has 0 saturated carbocycles. The molecule has 1 aromatic carbocycles. The largest absolute Gasteiger partial charge is 0.338 e. The van der Waals surface area contributed by atoms with Crippen LogP contribution in [-0.2, 0) is 4.79 Å². The third kappa shape index (κ3) is 3.31. The van der Waals surface area contributed by atoms with Crippen molar-refractivity contribution in [1.29, 1.82) is 0 Å². The molecule has 1 aliphatic heterocycles. The van der Waals surface area contributed by atoms with E-state index in [0.29, 0.717) is 13.1 Å². The average Bonchev–Trinajstić information content (AvgIpc) is 3.24. The highest BCUT2D eigenvalue weighted by Gasteiger charge is 2.29. The van der Waals surface area contributed by atoms with Crippen LogP contribution in [0.25, 0.3) is 0 Å². The van der Waals surface area contributed by atoms with Crippen LogP contribution in [0.5, 0.6) is 0 Å². The molecule has 1 unspecified atom stereocenters. The van der Waals surface area contributed by atoms with E-state index in [0.717, 1.165) is 24.6 Å². The number of carbonyl (C=O) groups is 1. The van der Waals surface area contributed by atoms with Crippen LogP contribution in [-0.4, -0.2) is 51.5 Å². The van der Waals surface area contributed by atoms with E-state index in [1.807, 2.05) is 70.4 Å². The Hall–Kier alpha value is -3.15. The Bertz CT molecular complexity index is 827. The van der Waals surface area contributed by atoms with E-state index in [-0.39, 0.29) is 11.9 Å². The van der Waals surface area contributed by atoms with Crippen LogP contribution in [0, 0.1) is 0 Å². The van der Waals surface area contributed by atoms with Gasteiger partial charge in [-0.05, 0) is 23.8 Å². The first-order chi connectivity index (χ1) is 12.8. The number of piperazine rings is 1. The van der Waals surface area contributed by atoms with Crippen LogP contribution in [0.4, 0.5) is 5.95 Å². The summed E-state index contributed by atoms with van der Waals surface area (Å²) in [5, 5.41) is 0. The smallest absolute Gasteiger partial charge is 0.250 e. The number of hydrogen-bond donors (Lipinski definition) is 0. The van der Waals surface area contributed by atoms with Crippen molar-refractivity contribution in [2.24, 2.45) is 0 Å². The minimum Gasteiger partial charge on any atom is -0.338 e. The molecule has 1 fully saturated rings. The van der Waals surface area contributed by atoms with Gasteiger partial charge in [-0.15, -0.1) is 0 Å². The first kappa shape index (κ1) is 16.3. The molecular formula is C20H21N5O. The SMILES string of the molecule is O=C(C(c1ccccc1)n1cccc1)N1CCN(c2ncccn2)CC1. The quantitative estimate of drug-likeness (QED) is 0.726. The number of anilines is 1. The lowest BCUT2D eigenvalue weighted by Gasteiger charge is -2.36. The minimum absolute atomic E-state index is 0.126. The number of carbonyl (C=O) groups excluding carboxylic acids is 1. The van der Waals surface area contributed by atoms with Gasteiger partial charge >= 0.3 is 0 Å². The summed E-state index contributed by atoms with van der Waals surface area (Å²) in [6, 6.07) is 15.3. The molecule has 0 bridgehead atoms. The van der Waals surface area contributed by atoms with Crippen molar-refractivity contribution >= 4 is 11.9 Å². The van der Waals surface area contributed by atoms with Gasteiger partial charge < -0.3 is 14.4 Å². The number of aromatic nitrogens is 3. The number of amides is 1. The highest BCUT2D eigenvalue weighted by molar-refractivity contribution is 5.84. The molecular weight excluding hydrogens is 326 g/mol. The second kappa shape index (κ2) is 7.39. The number of hydrogen-bond acceptors (Lipinski definition) is 4. The first-order valence-corrected chi connectivity index (χ1v) is 8.81. The topological polar surface area (TPSA) is 54.3 Å². The monoisotopic (exact) mass is 347 g/mol. The maximum atomic E-state index is 13.3. The molecule has 6 heteroatoms. The second-order valence-electron chi connectivity index (χ2n) is 6.30. The Morgan fingerprint density at radius 1 is 0.846 bits per heavy atom. The number of nitrogens with zero attached hydrogens (tertiary/aromatic N) is 5. The fourth-order valence-corrected chi connectivity index (χ4v) is 3.35. The van der Waals surface area contributed by atoms with Gasteiger partial charge in [0, 0.05) is 51.0 Å². The van der Waals surface area contributed by atoms with Gasteiger partial charge in [0.05, 0.1) is 0 Å². The van der Waals surface area contributed by atoms with Gasteiger partial charge in [0.15, 0.2) is 0 Å². The van der Waals surface area contributed by atoms with E-state index >= 15 is 0 Å². The van der Waals surface area contributed by atoms with Crippen LogP contribution in [0.1, 0.15) is 11.6 Å². The highest BCUT2D eigenvalue weighted by Crippen LogP contribution is 2.22. The Morgan fingerprint density at radius 3 is 2.15 bits per heavy atom. The molecule has 26 heavy (non-hydrogen) atoms. The van der Waals surface area contributed by atoms with Crippen LogP contribution in [0.15, 0.2) is 73.3 Å². The van der Waals surface area contributed by atoms with Gasteiger partial charge in [0.2, 0.25) is 11.9 Å². The van der Waals surface area contributed by atoms with Crippen molar-refractivity contribution in [3.05, 3.63) is 78.9 Å². The van der Waals surface area contributed by atoms with E-state index in [9.17, 15) is 4.79 Å². The van der Waals surface area contributed by atoms with Gasteiger partial charge in [0.25, 0.3) is 0 Å². The zero-order chi connectivity index (χ0) is 17.8. The maximum Gasteiger partial charge on any atom is 0.250 e. The molecule has 0 aliphatic carbocycles. The average molecular weight is 347 g/mol. The van der Waals surface area contributed by atoms with Gasteiger partial charge in [-0.2, -0.15) is 0 Å². The summed E-state index contributed by atoms with van der Waals surface area (Å²) in [5.74, 6) is 0.852. The third-order valence-corrected chi connectivity index (χ3v) is 4.70. The Labute approximate surface area is 152 Å². The van der Waals surface area contributed by atoms with Crippen LogP contribution in [0.3, 0.4) is 0 Å². The fourth-order valence-electron chi connectivity index (χ4n) is 3.35. The van der Waals surface area contributed by atoms with Crippen molar-refractivity contribution in [2.75, 3.05) is 31.1 Å². The first-order valence-electron chi connectivity index (χ1n) is 8.81. The molecule has 4 rings (SSSR count). The highest BCUT2D eigenvalue weighted by atomic mass is 16.2. The van der Waals surface area contributed by atoms with Crippen molar-refractivity contribution in [3.8, 4) is 0 Å². The zero-order valence-electron chi connectivity index (χ0n) is 14.5. The lowest BCUT2D eigenvalue weighted by Crippen LogP contribution is -2.51. The standard InChI is InChI=1S/C20H21N5O/c26-19(18(23-11-4-5-12-23)17-7-2-1-3-8-17)24-13-15-25(16-14-24)20-21-9-6-10-22-20/h1-12,18H,13-16H2. The fraction of sp³-hybridized carbons (Fsp3) is 0.250.